The summed E-state index contributed by atoms with van der Waals surface area (Å²) in [5.74, 6) is 0.902. The van der Waals surface area contributed by atoms with Crippen LogP contribution in [0, 0.1) is 0 Å². The largest absolute Gasteiger partial charge is 0.384 e. The second kappa shape index (κ2) is 8.53. The monoisotopic (exact) mass is 487 g/mol. The molecule has 5 rings (SSSR count). The molecule has 0 aliphatic carbocycles. The predicted octanol–water partition coefficient (Wildman–Crippen LogP) is 3.69. The Labute approximate surface area is 210 Å². The van der Waals surface area contributed by atoms with Gasteiger partial charge in [-0.3, -0.25) is 4.79 Å². The van der Waals surface area contributed by atoms with Gasteiger partial charge in [0.05, 0.1) is 5.69 Å². The summed E-state index contributed by atoms with van der Waals surface area (Å²) in [7, 11) is 2.14. The van der Waals surface area contributed by atoms with E-state index in [1.165, 1.54) is 11.1 Å². The lowest BCUT2D eigenvalue weighted by atomic mass is 9.78. The van der Waals surface area contributed by atoms with Crippen LogP contribution in [0.4, 0.5) is 11.6 Å². The molecule has 1 aliphatic heterocycles. The molecule has 0 saturated heterocycles. The molecule has 1 aromatic carbocycles. The molecule has 0 spiro atoms. The van der Waals surface area contributed by atoms with E-state index in [2.05, 4.69) is 59.3 Å². The van der Waals surface area contributed by atoms with Crippen molar-refractivity contribution in [1.29, 1.82) is 0 Å². The molecule has 4 heterocycles. The Morgan fingerprint density at radius 2 is 1.94 bits per heavy atom. The highest BCUT2D eigenvalue weighted by molar-refractivity contribution is 5.77. The first-order valence-corrected chi connectivity index (χ1v) is 12.3. The summed E-state index contributed by atoms with van der Waals surface area (Å²) in [6.45, 7) is 12.1. The van der Waals surface area contributed by atoms with E-state index in [0.717, 1.165) is 18.8 Å². The van der Waals surface area contributed by atoms with Crippen molar-refractivity contribution in [3.8, 4) is 5.82 Å². The van der Waals surface area contributed by atoms with Crippen molar-refractivity contribution in [2.24, 2.45) is 0 Å². The lowest BCUT2D eigenvalue weighted by Crippen LogP contribution is -2.39. The van der Waals surface area contributed by atoms with Gasteiger partial charge in [-0.1, -0.05) is 26.0 Å². The van der Waals surface area contributed by atoms with Crippen LogP contribution in [0.25, 0.3) is 16.9 Å². The van der Waals surface area contributed by atoms with Gasteiger partial charge in [-0.05, 0) is 63.2 Å². The van der Waals surface area contributed by atoms with E-state index in [4.69, 9.17) is 4.98 Å². The van der Waals surface area contributed by atoms with Gasteiger partial charge in [-0.15, -0.1) is 0 Å². The third-order valence-corrected chi connectivity index (χ3v) is 6.75. The Bertz CT molecular complexity index is 1510. The number of pyridine rings is 1. The topological polar surface area (TPSA) is 101 Å². The van der Waals surface area contributed by atoms with Crippen LogP contribution in [-0.4, -0.2) is 47.9 Å². The van der Waals surface area contributed by atoms with E-state index in [1.54, 1.807) is 41.5 Å². The number of likely N-dealkylation sites (N-methyl/N-ethyl adjacent to an activating group) is 1. The number of benzene rings is 1. The van der Waals surface area contributed by atoms with Gasteiger partial charge in [-0.2, -0.15) is 4.98 Å². The van der Waals surface area contributed by atoms with E-state index >= 15 is 0 Å². The molecule has 0 unspecified atom stereocenters. The van der Waals surface area contributed by atoms with Crippen LogP contribution >= 0.6 is 0 Å². The standard InChI is InChI=1S/C27H33N7O2/c1-7-33-24(35)19-14-28-25(29-18-11-12-20-17(13-18)15-32(6)16-26(20,2)3)31-23(19)34(33)22-10-8-9-21(30-22)27(4,5)36/h8-14,36H,7,15-16H2,1-6H3,(H,28,29,31). The quantitative estimate of drug-likeness (QED) is 0.443. The lowest BCUT2D eigenvalue weighted by molar-refractivity contribution is 0.0738. The molecule has 9 nitrogen and oxygen atoms in total. The maximum absolute atomic E-state index is 13.1. The van der Waals surface area contributed by atoms with Gasteiger partial charge in [0.1, 0.15) is 11.0 Å². The van der Waals surface area contributed by atoms with Crippen molar-refractivity contribution in [1.82, 2.24) is 29.2 Å². The van der Waals surface area contributed by atoms with E-state index in [0.29, 0.717) is 35.0 Å². The second-order valence-corrected chi connectivity index (χ2v) is 10.8. The summed E-state index contributed by atoms with van der Waals surface area (Å²) in [5.41, 5.74) is 3.27. The van der Waals surface area contributed by atoms with Crippen molar-refractivity contribution in [3.63, 3.8) is 0 Å². The Morgan fingerprint density at radius 3 is 2.67 bits per heavy atom. The molecule has 9 heteroatoms. The second-order valence-electron chi connectivity index (χ2n) is 10.8. The number of hydrogen-bond donors (Lipinski definition) is 2. The van der Waals surface area contributed by atoms with Crippen LogP contribution in [0.5, 0.6) is 0 Å². The van der Waals surface area contributed by atoms with Crippen molar-refractivity contribution >= 4 is 22.7 Å². The predicted molar refractivity (Wildman–Crippen MR) is 141 cm³/mol. The van der Waals surface area contributed by atoms with E-state index in [1.807, 2.05) is 13.0 Å². The molecule has 1 aliphatic rings. The van der Waals surface area contributed by atoms with Gasteiger partial charge < -0.3 is 15.3 Å². The summed E-state index contributed by atoms with van der Waals surface area (Å²) < 4.78 is 3.28. The number of nitrogens with zero attached hydrogens (tertiary/aromatic N) is 6. The number of aromatic nitrogens is 5. The van der Waals surface area contributed by atoms with Crippen molar-refractivity contribution in [3.05, 3.63) is 69.8 Å². The molecule has 0 bridgehead atoms. The average Bonchev–Trinajstić information content (AvgIpc) is 3.08. The van der Waals surface area contributed by atoms with Gasteiger partial charge in [0.25, 0.3) is 5.56 Å². The Balaban J connectivity index is 1.58. The highest BCUT2D eigenvalue weighted by Gasteiger charge is 2.30. The molecule has 0 radical (unpaired) electrons. The molecule has 0 amide bonds. The van der Waals surface area contributed by atoms with Crippen molar-refractivity contribution in [2.45, 2.75) is 58.7 Å². The highest BCUT2D eigenvalue weighted by Crippen LogP contribution is 2.34. The van der Waals surface area contributed by atoms with E-state index in [-0.39, 0.29) is 11.0 Å². The molecular weight excluding hydrogens is 454 g/mol. The summed E-state index contributed by atoms with van der Waals surface area (Å²) in [6.07, 6.45) is 1.56. The number of nitrogens with one attached hydrogen (secondary N) is 1. The van der Waals surface area contributed by atoms with Crippen LogP contribution < -0.4 is 10.9 Å². The fourth-order valence-corrected chi connectivity index (χ4v) is 5.19. The van der Waals surface area contributed by atoms with Crippen LogP contribution in [0.3, 0.4) is 0 Å². The Hall–Kier alpha value is -3.56. The van der Waals surface area contributed by atoms with Gasteiger partial charge >= 0.3 is 0 Å². The first-order valence-electron chi connectivity index (χ1n) is 12.3. The molecule has 0 saturated carbocycles. The SMILES string of the molecule is CCn1c(=O)c2cnc(Nc3ccc4c(c3)CN(C)CC4(C)C)nc2n1-c1cccc(C(C)(C)O)n1. The third kappa shape index (κ3) is 4.18. The van der Waals surface area contributed by atoms with Crippen LogP contribution in [0.15, 0.2) is 47.4 Å². The van der Waals surface area contributed by atoms with Gasteiger partial charge in [0.15, 0.2) is 11.5 Å². The fourth-order valence-electron chi connectivity index (χ4n) is 5.19. The minimum atomic E-state index is -1.12. The lowest BCUT2D eigenvalue weighted by Gasteiger charge is -2.38. The van der Waals surface area contributed by atoms with Crippen molar-refractivity contribution in [2.75, 3.05) is 18.9 Å². The van der Waals surface area contributed by atoms with Crippen molar-refractivity contribution < 1.29 is 5.11 Å². The molecular formula is C27H33N7O2. The number of aliphatic hydroxyl groups is 1. The Kier molecular flexibility index (Phi) is 5.72. The smallest absolute Gasteiger partial charge is 0.278 e. The minimum absolute atomic E-state index is 0.0834. The number of anilines is 2. The summed E-state index contributed by atoms with van der Waals surface area (Å²) in [5, 5.41) is 14.2. The maximum atomic E-state index is 13.1. The zero-order chi connectivity index (χ0) is 25.8. The summed E-state index contributed by atoms with van der Waals surface area (Å²) >= 11 is 0. The molecule has 188 valence electrons. The van der Waals surface area contributed by atoms with E-state index < -0.39 is 5.60 Å². The summed E-state index contributed by atoms with van der Waals surface area (Å²) in [4.78, 5) is 29.3. The molecule has 36 heavy (non-hydrogen) atoms. The zero-order valence-electron chi connectivity index (χ0n) is 21.7. The zero-order valence-corrected chi connectivity index (χ0v) is 21.7. The fraction of sp³-hybridized carbons (Fsp3) is 0.407. The van der Waals surface area contributed by atoms with E-state index in [9.17, 15) is 9.90 Å². The number of hydrogen-bond acceptors (Lipinski definition) is 7. The Morgan fingerprint density at radius 1 is 1.17 bits per heavy atom. The molecule has 0 atom stereocenters. The van der Waals surface area contributed by atoms with Gasteiger partial charge in [-0.25, -0.2) is 19.3 Å². The number of fused-ring (bicyclic) bond motifs is 2. The molecule has 0 fully saturated rings. The first kappa shape index (κ1) is 24.1. The van der Waals surface area contributed by atoms with Crippen LogP contribution in [0.1, 0.15) is 51.4 Å². The highest BCUT2D eigenvalue weighted by atomic mass is 16.3. The van der Waals surface area contributed by atoms with Gasteiger partial charge in [0, 0.05) is 36.9 Å². The van der Waals surface area contributed by atoms with Gasteiger partial charge in [0.2, 0.25) is 5.95 Å². The summed E-state index contributed by atoms with van der Waals surface area (Å²) in [6, 6.07) is 11.8. The third-order valence-electron chi connectivity index (χ3n) is 6.75. The molecule has 3 aromatic heterocycles. The molecule has 4 aromatic rings. The van der Waals surface area contributed by atoms with Crippen LogP contribution in [0.2, 0.25) is 0 Å². The number of rotatable bonds is 5. The van der Waals surface area contributed by atoms with Crippen LogP contribution in [-0.2, 0) is 24.1 Å². The first-order chi connectivity index (χ1) is 17.0. The minimum Gasteiger partial charge on any atom is -0.384 e. The maximum Gasteiger partial charge on any atom is 0.278 e. The normalized spacial score (nSPS) is 15.8. The average molecular weight is 488 g/mol. The molecule has 2 N–H and O–H groups in total.